The Morgan fingerprint density at radius 2 is 1.80 bits per heavy atom. The zero-order chi connectivity index (χ0) is 18.0. The minimum atomic E-state index is -0.199. The summed E-state index contributed by atoms with van der Waals surface area (Å²) in [5.41, 5.74) is 1.30. The van der Waals surface area contributed by atoms with Gasteiger partial charge >= 0.3 is 0 Å². The van der Waals surface area contributed by atoms with Gasteiger partial charge in [-0.05, 0) is 49.4 Å². The van der Waals surface area contributed by atoms with Gasteiger partial charge in [0.25, 0.3) is 5.91 Å². The number of benzene rings is 2. The number of amides is 1. The number of carbonyl (C=O) groups is 1. The topological polar surface area (TPSA) is 29.5 Å². The Bertz CT molecular complexity index is 846. The summed E-state index contributed by atoms with van der Waals surface area (Å²) in [6.07, 6.45) is 1.68. The number of rotatable bonds is 4. The molecule has 2 aromatic rings. The van der Waals surface area contributed by atoms with Crippen LogP contribution in [0.3, 0.4) is 0 Å². The summed E-state index contributed by atoms with van der Waals surface area (Å²) in [4.78, 5) is 14.8. The van der Waals surface area contributed by atoms with E-state index in [4.69, 9.17) is 40.2 Å². The van der Waals surface area contributed by atoms with Crippen molar-refractivity contribution in [1.82, 2.24) is 0 Å². The second-order valence-electron chi connectivity index (χ2n) is 5.08. The van der Waals surface area contributed by atoms with Crippen molar-refractivity contribution >= 4 is 69.2 Å². The van der Waals surface area contributed by atoms with Crippen LogP contribution in [-0.4, -0.2) is 16.8 Å². The largest absolute Gasteiger partial charge is 0.494 e. The predicted molar refractivity (Wildman–Crippen MR) is 110 cm³/mol. The Kier molecular flexibility index (Phi) is 5.69. The Hall–Kier alpha value is -1.53. The normalized spacial score (nSPS) is 16.0. The fraction of sp³-hybridized carbons (Fsp3) is 0.111. The maximum atomic E-state index is 12.8. The average Bonchev–Trinajstić information content (AvgIpc) is 2.86. The molecule has 128 valence electrons. The van der Waals surface area contributed by atoms with Crippen LogP contribution in [0, 0.1) is 0 Å². The summed E-state index contributed by atoms with van der Waals surface area (Å²) < 4.78 is 5.88. The van der Waals surface area contributed by atoms with E-state index in [0.29, 0.717) is 37.1 Å². The Balaban J connectivity index is 1.91. The van der Waals surface area contributed by atoms with Gasteiger partial charge in [0.2, 0.25) is 0 Å². The molecular formula is C18H13Cl2NO2S2. The third kappa shape index (κ3) is 3.85. The molecule has 1 amide bonds. The van der Waals surface area contributed by atoms with Gasteiger partial charge in [0.15, 0.2) is 4.32 Å². The minimum Gasteiger partial charge on any atom is -0.494 e. The molecule has 1 aliphatic heterocycles. The SMILES string of the molecule is CCOc1ccc(N2C(=O)C(=Cc3c(Cl)cccc3Cl)SC2=S)cc1. The molecule has 2 aromatic carbocycles. The molecule has 0 aliphatic carbocycles. The van der Waals surface area contributed by atoms with Crippen molar-refractivity contribution in [1.29, 1.82) is 0 Å². The van der Waals surface area contributed by atoms with Crippen LogP contribution in [0.2, 0.25) is 10.0 Å². The molecule has 3 rings (SSSR count). The molecule has 0 N–H and O–H groups in total. The maximum Gasteiger partial charge on any atom is 0.270 e. The molecule has 0 unspecified atom stereocenters. The van der Waals surface area contributed by atoms with E-state index in [9.17, 15) is 4.79 Å². The lowest BCUT2D eigenvalue weighted by molar-refractivity contribution is -0.113. The minimum absolute atomic E-state index is 0.199. The van der Waals surface area contributed by atoms with Crippen molar-refractivity contribution in [3.05, 3.63) is 63.0 Å². The maximum absolute atomic E-state index is 12.8. The van der Waals surface area contributed by atoms with Crippen LogP contribution in [-0.2, 0) is 4.79 Å². The third-order valence-corrected chi connectivity index (χ3v) is 5.44. The van der Waals surface area contributed by atoms with E-state index in [-0.39, 0.29) is 5.91 Å². The number of carbonyl (C=O) groups excluding carboxylic acids is 1. The van der Waals surface area contributed by atoms with Crippen LogP contribution >= 0.6 is 47.2 Å². The van der Waals surface area contributed by atoms with Gasteiger partial charge in [-0.2, -0.15) is 0 Å². The van der Waals surface area contributed by atoms with E-state index < -0.39 is 0 Å². The van der Waals surface area contributed by atoms with E-state index in [2.05, 4.69) is 0 Å². The quantitative estimate of drug-likeness (QED) is 0.471. The monoisotopic (exact) mass is 409 g/mol. The van der Waals surface area contributed by atoms with Gasteiger partial charge in [-0.1, -0.05) is 53.2 Å². The summed E-state index contributed by atoms with van der Waals surface area (Å²) in [6.45, 7) is 2.50. The first-order valence-corrected chi connectivity index (χ1v) is 9.44. The number of thioether (sulfide) groups is 1. The first-order valence-electron chi connectivity index (χ1n) is 7.46. The van der Waals surface area contributed by atoms with Gasteiger partial charge in [-0.15, -0.1) is 0 Å². The molecule has 1 saturated heterocycles. The lowest BCUT2D eigenvalue weighted by Gasteiger charge is -2.15. The zero-order valence-corrected chi connectivity index (χ0v) is 16.3. The smallest absolute Gasteiger partial charge is 0.270 e. The van der Waals surface area contributed by atoms with Gasteiger partial charge in [-0.25, -0.2) is 0 Å². The summed E-state index contributed by atoms with van der Waals surface area (Å²) in [5, 5.41) is 0.970. The Morgan fingerprint density at radius 1 is 1.16 bits per heavy atom. The van der Waals surface area contributed by atoms with Crippen molar-refractivity contribution in [2.75, 3.05) is 11.5 Å². The summed E-state index contributed by atoms with van der Waals surface area (Å²) in [7, 11) is 0. The van der Waals surface area contributed by atoms with Crippen LogP contribution in [0.15, 0.2) is 47.4 Å². The highest BCUT2D eigenvalue weighted by atomic mass is 35.5. The lowest BCUT2D eigenvalue weighted by atomic mass is 10.2. The Morgan fingerprint density at radius 3 is 2.40 bits per heavy atom. The van der Waals surface area contributed by atoms with Crippen molar-refractivity contribution < 1.29 is 9.53 Å². The summed E-state index contributed by atoms with van der Waals surface area (Å²) in [6, 6.07) is 12.5. The van der Waals surface area contributed by atoms with Crippen molar-refractivity contribution in [2.24, 2.45) is 0 Å². The lowest BCUT2D eigenvalue weighted by Crippen LogP contribution is -2.27. The first-order chi connectivity index (χ1) is 12.0. The molecule has 0 saturated carbocycles. The van der Waals surface area contributed by atoms with Gasteiger partial charge < -0.3 is 4.74 Å². The van der Waals surface area contributed by atoms with E-state index in [1.165, 1.54) is 16.7 Å². The number of halogens is 2. The molecule has 0 bridgehead atoms. The molecule has 7 heteroatoms. The van der Waals surface area contributed by atoms with Gasteiger partial charge in [-0.3, -0.25) is 9.69 Å². The van der Waals surface area contributed by atoms with Crippen LogP contribution in [0.5, 0.6) is 5.75 Å². The predicted octanol–water partition coefficient (Wildman–Crippen LogP) is 5.80. The summed E-state index contributed by atoms with van der Waals surface area (Å²) in [5.74, 6) is 0.547. The van der Waals surface area contributed by atoms with Crippen LogP contribution in [0.4, 0.5) is 5.69 Å². The molecule has 1 heterocycles. The average molecular weight is 410 g/mol. The molecule has 0 atom stereocenters. The van der Waals surface area contributed by atoms with Crippen LogP contribution < -0.4 is 9.64 Å². The zero-order valence-electron chi connectivity index (χ0n) is 13.2. The van der Waals surface area contributed by atoms with Crippen molar-refractivity contribution in [2.45, 2.75) is 6.92 Å². The number of hydrogen-bond donors (Lipinski definition) is 0. The molecule has 3 nitrogen and oxygen atoms in total. The number of hydrogen-bond acceptors (Lipinski definition) is 4. The first kappa shape index (κ1) is 18.3. The van der Waals surface area contributed by atoms with Crippen molar-refractivity contribution in [3.63, 3.8) is 0 Å². The Labute approximate surface area is 165 Å². The number of ether oxygens (including phenoxy) is 1. The standard InChI is InChI=1S/C18H13Cl2NO2S2/c1-2-23-12-8-6-11(7-9-12)21-17(22)16(25-18(21)24)10-13-14(19)4-3-5-15(13)20/h3-10H,2H2,1H3. The molecule has 0 spiro atoms. The third-order valence-electron chi connectivity index (χ3n) is 3.47. The molecule has 1 aliphatic rings. The van der Waals surface area contributed by atoms with Gasteiger partial charge in [0.1, 0.15) is 5.75 Å². The van der Waals surface area contributed by atoms with E-state index in [1.54, 1.807) is 36.4 Å². The number of anilines is 1. The van der Waals surface area contributed by atoms with Gasteiger partial charge in [0.05, 0.1) is 17.2 Å². The molecule has 1 fully saturated rings. The molecular weight excluding hydrogens is 397 g/mol. The second kappa shape index (κ2) is 7.79. The fourth-order valence-corrected chi connectivity index (χ4v) is 4.12. The number of nitrogens with zero attached hydrogens (tertiary/aromatic N) is 1. The van der Waals surface area contributed by atoms with Crippen LogP contribution in [0.1, 0.15) is 12.5 Å². The highest BCUT2D eigenvalue weighted by Crippen LogP contribution is 2.38. The van der Waals surface area contributed by atoms with E-state index in [1.807, 2.05) is 19.1 Å². The van der Waals surface area contributed by atoms with E-state index in [0.717, 1.165) is 5.75 Å². The molecule has 25 heavy (non-hydrogen) atoms. The summed E-state index contributed by atoms with van der Waals surface area (Å²) >= 11 is 19.0. The second-order valence-corrected chi connectivity index (χ2v) is 7.57. The highest BCUT2D eigenvalue weighted by molar-refractivity contribution is 8.27. The van der Waals surface area contributed by atoms with Crippen LogP contribution in [0.25, 0.3) is 6.08 Å². The molecule has 0 radical (unpaired) electrons. The highest BCUT2D eigenvalue weighted by Gasteiger charge is 2.33. The van der Waals surface area contributed by atoms with Gasteiger partial charge in [0, 0.05) is 15.6 Å². The number of thiocarbonyl (C=S) groups is 1. The molecule has 0 aromatic heterocycles. The van der Waals surface area contributed by atoms with E-state index >= 15 is 0 Å². The van der Waals surface area contributed by atoms with Crippen molar-refractivity contribution in [3.8, 4) is 5.75 Å². The fourth-order valence-electron chi connectivity index (χ4n) is 2.33.